The van der Waals surface area contributed by atoms with Crippen molar-refractivity contribution in [3.63, 3.8) is 0 Å². The maximum atomic E-state index is 12.6. The second-order valence-corrected chi connectivity index (χ2v) is 4.47. The highest BCUT2D eigenvalue weighted by atomic mass is 19.3. The highest BCUT2D eigenvalue weighted by Gasteiger charge is 2.15. The summed E-state index contributed by atoms with van der Waals surface area (Å²) in [4.78, 5) is 11.7. The molecule has 118 valence electrons. The number of esters is 1. The molecule has 0 atom stereocenters. The minimum Gasteiger partial charge on any atom is -0.462 e. The molecule has 0 aliphatic heterocycles. The van der Waals surface area contributed by atoms with Crippen LogP contribution in [0.15, 0.2) is 42.0 Å². The molecule has 2 aromatic rings. The van der Waals surface area contributed by atoms with Crippen LogP contribution in [0.5, 0.6) is 5.75 Å². The first-order valence-corrected chi connectivity index (χ1v) is 6.82. The van der Waals surface area contributed by atoms with Gasteiger partial charge in [-0.1, -0.05) is 30.3 Å². The number of benzene rings is 2. The third-order valence-corrected chi connectivity index (χ3v) is 3.05. The molecule has 2 aromatic carbocycles. The van der Waals surface area contributed by atoms with Gasteiger partial charge in [-0.05, 0) is 29.8 Å². The van der Waals surface area contributed by atoms with E-state index in [4.69, 9.17) is 10.00 Å². The second kappa shape index (κ2) is 7.36. The van der Waals surface area contributed by atoms with Crippen LogP contribution in [0.1, 0.15) is 12.5 Å². The van der Waals surface area contributed by atoms with Crippen molar-refractivity contribution in [2.45, 2.75) is 13.5 Å². The van der Waals surface area contributed by atoms with Crippen LogP contribution in [0.4, 0.5) is 8.78 Å². The number of fused-ring (bicyclic) bond motifs is 1. The summed E-state index contributed by atoms with van der Waals surface area (Å²) in [6.45, 7) is -1.30. The van der Waals surface area contributed by atoms with Gasteiger partial charge in [0.2, 0.25) is 0 Å². The number of alkyl halides is 2. The van der Waals surface area contributed by atoms with E-state index in [1.54, 1.807) is 43.3 Å². The fraction of sp³-hybridized carbons (Fsp3) is 0.176. The minimum atomic E-state index is -3.02. The molecule has 0 aliphatic carbocycles. The number of carbonyl (C=O) groups excluding carboxylic acids is 1. The van der Waals surface area contributed by atoms with Crippen molar-refractivity contribution in [3.05, 3.63) is 47.5 Å². The van der Waals surface area contributed by atoms with E-state index in [0.717, 1.165) is 5.39 Å². The first kappa shape index (κ1) is 16.4. The van der Waals surface area contributed by atoms with Gasteiger partial charge in [0.05, 0.1) is 6.61 Å². The van der Waals surface area contributed by atoms with E-state index in [1.807, 2.05) is 0 Å². The Labute approximate surface area is 131 Å². The molecule has 23 heavy (non-hydrogen) atoms. The Morgan fingerprint density at radius 1 is 1.30 bits per heavy atom. The van der Waals surface area contributed by atoms with Crippen LogP contribution in [-0.4, -0.2) is 19.2 Å². The van der Waals surface area contributed by atoms with Crippen molar-refractivity contribution >= 4 is 22.8 Å². The summed E-state index contributed by atoms with van der Waals surface area (Å²) in [6.07, 6.45) is 1.21. The Kier molecular flexibility index (Phi) is 5.26. The molecule has 0 heterocycles. The first-order chi connectivity index (χ1) is 11.1. The normalized spacial score (nSPS) is 11.3. The van der Waals surface area contributed by atoms with Gasteiger partial charge in [-0.15, -0.1) is 0 Å². The number of carbonyl (C=O) groups is 1. The monoisotopic (exact) mass is 317 g/mol. The zero-order chi connectivity index (χ0) is 16.8. The lowest BCUT2D eigenvalue weighted by molar-refractivity contribution is -0.137. The Morgan fingerprint density at radius 3 is 2.70 bits per heavy atom. The zero-order valence-corrected chi connectivity index (χ0v) is 12.3. The van der Waals surface area contributed by atoms with Crippen LogP contribution >= 0.6 is 0 Å². The quantitative estimate of drug-likeness (QED) is 0.476. The molecule has 0 aliphatic rings. The Hall–Kier alpha value is -2.94. The molecule has 0 saturated carbocycles. The third-order valence-electron chi connectivity index (χ3n) is 3.05. The molecule has 0 fully saturated rings. The van der Waals surface area contributed by atoms with Gasteiger partial charge in [-0.2, -0.15) is 14.0 Å². The van der Waals surface area contributed by atoms with Gasteiger partial charge >= 0.3 is 12.6 Å². The molecule has 0 amide bonds. The van der Waals surface area contributed by atoms with Gasteiger partial charge in [0.25, 0.3) is 0 Å². The van der Waals surface area contributed by atoms with Crippen LogP contribution in [0.2, 0.25) is 0 Å². The summed E-state index contributed by atoms with van der Waals surface area (Å²) in [6, 6.07) is 11.7. The Morgan fingerprint density at radius 2 is 2.04 bits per heavy atom. The van der Waals surface area contributed by atoms with Crippen molar-refractivity contribution < 1.29 is 23.0 Å². The van der Waals surface area contributed by atoms with Crippen LogP contribution in [0, 0.1) is 11.3 Å². The van der Waals surface area contributed by atoms with Gasteiger partial charge in [-0.25, -0.2) is 4.79 Å². The van der Waals surface area contributed by atoms with Crippen LogP contribution in [-0.2, 0) is 9.53 Å². The molecule has 0 spiro atoms. The first-order valence-electron chi connectivity index (χ1n) is 6.82. The lowest BCUT2D eigenvalue weighted by Gasteiger charge is -2.11. The molecule has 6 heteroatoms. The van der Waals surface area contributed by atoms with E-state index in [-0.39, 0.29) is 23.5 Å². The molecule has 2 rings (SSSR count). The average Bonchev–Trinajstić information content (AvgIpc) is 2.53. The number of nitrogens with zero attached hydrogens (tertiary/aromatic N) is 1. The molecule has 0 bridgehead atoms. The van der Waals surface area contributed by atoms with Gasteiger partial charge in [0, 0.05) is 5.56 Å². The lowest BCUT2D eigenvalue weighted by Crippen LogP contribution is -2.07. The Bertz CT molecular complexity index is 794. The topological polar surface area (TPSA) is 59.3 Å². The molecular formula is C17H13F2NO3. The smallest absolute Gasteiger partial charge is 0.387 e. The molecule has 0 N–H and O–H groups in total. The highest BCUT2D eigenvalue weighted by Crippen LogP contribution is 2.31. The number of hydrogen-bond donors (Lipinski definition) is 0. The number of nitriles is 1. The summed E-state index contributed by atoms with van der Waals surface area (Å²) in [5, 5.41) is 10.5. The van der Waals surface area contributed by atoms with Crippen molar-refractivity contribution in [3.8, 4) is 11.8 Å². The third kappa shape index (κ3) is 3.83. The van der Waals surface area contributed by atoms with Crippen molar-refractivity contribution in [1.29, 1.82) is 5.26 Å². The SMILES string of the molecule is CCOC(=O)/C(C#N)=C/c1c(OC(F)F)ccc2ccccc12. The second-order valence-electron chi connectivity index (χ2n) is 4.47. The predicted octanol–water partition coefficient (Wildman–Crippen LogP) is 3.91. The van der Waals surface area contributed by atoms with Crippen LogP contribution in [0.25, 0.3) is 16.8 Å². The van der Waals surface area contributed by atoms with E-state index >= 15 is 0 Å². The van der Waals surface area contributed by atoms with Crippen molar-refractivity contribution in [1.82, 2.24) is 0 Å². The summed E-state index contributed by atoms with van der Waals surface area (Å²) < 4.78 is 34.5. The maximum Gasteiger partial charge on any atom is 0.387 e. The van der Waals surface area contributed by atoms with E-state index in [2.05, 4.69) is 4.74 Å². The molecule has 0 aromatic heterocycles. The maximum absolute atomic E-state index is 12.6. The number of rotatable bonds is 5. The molecule has 0 unspecified atom stereocenters. The van der Waals surface area contributed by atoms with Gasteiger partial charge in [0.15, 0.2) is 0 Å². The van der Waals surface area contributed by atoms with E-state index in [0.29, 0.717) is 5.39 Å². The van der Waals surface area contributed by atoms with Gasteiger partial charge in [-0.3, -0.25) is 0 Å². The summed E-state index contributed by atoms with van der Waals surface area (Å²) in [7, 11) is 0. The Balaban J connectivity index is 2.64. The van der Waals surface area contributed by atoms with Crippen molar-refractivity contribution in [2.24, 2.45) is 0 Å². The fourth-order valence-electron chi connectivity index (χ4n) is 2.11. The van der Waals surface area contributed by atoms with Crippen LogP contribution in [0.3, 0.4) is 0 Å². The fourth-order valence-corrected chi connectivity index (χ4v) is 2.11. The number of halogens is 2. The highest BCUT2D eigenvalue weighted by molar-refractivity contribution is 6.02. The van der Waals surface area contributed by atoms with E-state index < -0.39 is 12.6 Å². The van der Waals surface area contributed by atoms with Crippen LogP contribution < -0.4 is 4.74 Å². The van der Waals surface area contributed by atoms with Gasteiger partial charge in [0.1, 0.15) is 17.4 Å². The molecule has 4 nitrogen and oxygen atoms in total. The molecule has 0 radical (unpaired) electrons. The average molecular weight is 317 g/mol. The predicted molar refractivity (Wildman–Crippen MR) is 80.8 cm³/mol. The molecule has 0 saturated heterocycles. The van der Waals surface area contributed by atoms with E-state index in [9.17, 15) is 13.6 Å². The van der Waals surface area contributed by atoms with Crippen molar-refractivity contribution in [2.75, 3.05) is 6.61 Å². The summed E-state index contributed by atoms with van der Waals surface area (Å²) in [5.41, 5.74) is -0.0599. The van der Waals surface area contributed by atoms with E-state index in [1.165, 1.54) is 12.1 Å². The summed E-state index contributed by atoms with van der Waals surface area (Å²) in [5.74, 6) is -0.929. The summed E-state index contributed by atoms with van der Waals surface area (Å²) >= 11 is 0. The number of ether oxygens (including phenoxy) is 2. The standard InChI is InChI=1S/C17H13F2NO3/c1-2-22-16(21)12(10-20)9-14-13-6-4-3-5-11(13)7-8-15(14)23-17(18)19/h3-9,17H,2H2,1H3/b12-9+. The molecular weight excluding hydrogens is 304 g/mol. The van der Waals surface area contributed by atoms with Gasteiger partial charge < -0.3 is 9.47 Å². The zero-order valence-electron chi connectivity index (χ0n) is 12.3. The number of hydrogen-bond acceptors (Lipinski definition) is 4. The minimum absolute atomic E-state index is 0.105. The lowest BCUT2D eigenvalue weighted by atomic mass is 10.0. The largest absolute Gasteiger partial charge is 0.462 e.